The van der Waals surface area contributed by atoms with Crippen molar-refractivity contribution in [2.75, 3.05) is 0 Å². The summed E-state index contributed by atoms with van der Waals surface area (Å²) < 4.78 is 0. The Labute approximate surface area is 40.4 Å². The lowest BCUT2D eigenvalue weighted by atomic mass is 10.7. The molecular formula is C3H4O4-2. The minimum atomic E-state index is -2.19. The minimum Gasteiger partial charge on any atom is -0.543 e. The predicted octanol–water partition coefficient (Wildman–Crippen LogP) is -2.88. The molecule has 0 aromatic carbocycles. The maximum atomic E-state index is 8.93. The van der Waals surface area contributed by atoms with Gasteiger partial charge in [-0.1, -0.05) is 7.43 Å². The van der Waals surface area contributed by atoms with E-state index < -0.39 is 11.9 Å². The van der Waals surface area contributed by atoms with Gasteiger partial charge in [-0.3, -0.25) is 0 Å². The summed E-state index contributed by atoms with van der Waals surface area (Å²) >= 11 is 0. The predicted molar refractivity (Wildman–Crippen MR) is 16.7 cm³/mol. The van der Waals surface area contributed by atoms with E-state index in [0.717, 1.165) is 0 Å². The molecule has 0 fully saturated rings. The molecule has 0 aliphatic rings. The maximum Gasteiger partial charge on any atom is 0.0870 e. The Morgan fingerprint density at radius 1 is 1.00 bits per heavy atom. The molecule has 4 nitrogen and oxygen atoms in total. The summed E-state index contributed by atoms with van der Waals surface area (Å²) in [5, 5.41) is 17.9. The van der Waals surface area contributed by atoms with Gasteiger partial charge in [-0.05, 0) is 0 Å². The molecule has 0 unspecified atom stereocenters. The molecule has 0 aromatic rings. The van der Waals surface area contributed by atoms with Crippen molar-refractivity contribution in [1.82, 2.24) is 0 Å². The van der Waals surface area contributed by atoms with E-state index in [9.17, 15) is 0 Å². The lowest BCUT2D eigenvalue weighted by Gasteiger charge is -1.97. The van der Waals surface area contributed by atoms with Gasteiger partial charge in [-0.15, -0.1) is 0 Å². The van der Waals surface area contributed by atoms with Gasteiger partial charge in [0.15, 0.2) is 0 Å². The lowest BCUT2D eigenvalue weighted by Crippen LogP contribution is -2.42. The van der Waals surface area contributed by atoms with Crippen molar-refractivity contribution >= 4 is 11.9 Å². The summed E-state index contributed by atoms with van der Waals surface area (Å²) in [7, 11) is 0. The molecule has 0 radical (unpaired) electrons. The van der Waals surface area contributed by atoms with Crippen LogP contribution in [0.4, 0.5) is 0 Å². The summed E-state index contributed by atoms with van der Waals surface area (Å²) in [5.41, 5.74) is 0. The van der Waals surface area contributed by atoms with Crippen LogP contribution in [0.25, 0.3) is 0 Å². The summed E-state index contributed by atoms with van der Waals surface area (Å²) in [6.07, 6.45) is 0. The second kappa shape index (κ2) is 3.14. The lowest BCUT2D eigenvalue weighted by molar-refractivity contribution is -0.345. The van der Waals surface area contributed by atoms with Crippen LogP contribution >= 0.6 is 0 Å². The SMILES string of the molecule is C.O=C([O-])C(=O)[O-]. The highest BCUT2D eigenvalue weighted by molar-refractivity contribution is 6.25. The van der Waals surface area contributed by atoms with Gasteiger partial charge in [0.25, 0.3) is 0 Å². The molecule has 0 atom stereocenters. The third-order valence-electron chi connectivity index (χ3n) is 0.167. The second-order valence-electron chi connectivity index (χ2n) is 0.575. The van der Waals surface area contributed by atoms with Gasteiger partial charge in [0.05, 0.1) is 11.9 Å². The van der Waals surface area contributed by atoms with E-state index in [0.29, 0.717) is 0 Å². The molecule has 0 spiro atoms. The van der Waals surface area contributed by atoms with Crippen LogP contribution in [0.1, 0.15) is 7.43 Å². The van der Waals surface area contributed by atoms with Crippen LogP contribution < -0.4 is 10.2 Å². The second-order valence-corrected chi connectivity index (χ2v) is 0.575. The first-order valence-corrected chi connectivity index (χ1v) is 1.07. The molecular weight excluding hydrogens is 100 g/mol. The molecule has 4 heteroatoms. The van der Waals surface area contributed by atoms with Crippen LogP contribution in [-0.2, 0) is 9.59 Å². The molecule has 0 saturated heterocycles. The van der Waals surface area contributed by atoms with Gasteiger partial charge in [0, 0.05) is 0 Å². The molecule has 0 aromatic heterocycles. The van der Waals surface area contributed by atoms with Gasteiger partial charge in [-0.25, -0.2) is 0 Å². The molecule has 7 heavy (non-hydrogen) atoms. The first-order valence-electron chi connectivity index (χ1n) is 1.07. The molecule has 0 saturated carbocycles. The van der Waals surface area contributed by atoms with Crippen LogP contribution in [-0.4, -0.2) is 11.9 Å². The van der Waals surface area contributed by atoms with E-state index in [1.165, 1.54) is 0 Å². The number of hydrogen-bond acceptors (Lipinski definition) is 4. The Morgan fingerprint density at radius 2 is 1.14 bits per heavy atom. The van der Waals surface area contributed by atoms with Crippen LogP contribution in [0, 0.1) is 0 Å². The van der Waals surface area contributed by atoms with Gasteiger partial charge >= 0.3 is 0 Å². The number of rotatable bonds is 0. The Morgan fingerprint density at radius 3 is 1.14 bits per heavy atom. The number of hydrogen-bond donors (Lipinski definition) is 0. The van der Waals surface area contributed by atoms with Crippen molar-refractivity contribution in [1.29, 1.82) is 0 Å². The Bertz CT molecular complexity index is 72.9. The van der Waals surface area contributed by atoms with E-state index in [2.05, 4.69) is 0 Å². The fraction of sp³-hybridized carbons (Fsp3) is 0.333. The number of carboxylic acids is 2. The first-order chi connectivity index (χ1) is 2.64. The number of aliphatic carboxylic acids is 2. The average molecular weight is 104 g/mol. The van der Waals surface area contributed by atoms with E-state index in [4.69, 9.17) is 19.8 Å². The highest BCUT2D eigenvalue weighted by Crippen LogP contribution is 1.41. The largest absolute Gasteiger partial charge is 0.543 e. The van der Waals surface area contributed by atoms with Gasteiger partial charge < -0.3 is 19.8 Å². The maximum absolute atomic E-state index is 8.93. The van der Waals surface area contributed by atoms with Crippen LogP contribution in [0.15, 0.2) is 0 Å². The molecule has 0 aliphatic heterocycles. The highest BCUT2D eigenvalue weighted by Gasteiger charge is 1.74. The van der Waals surface area contributed by atoms with Crippen molar-refractivity contribution in [2.24, 2.45) is 0 Å². The average Bonchev–Trinajstić information content (AvgIpc) is 1.36. The van der Waals surface area contributed by atoms with Crippen molar-refractivity contribution in [3.05, 3.63) is 0 Å². The smallest absolute Gasteiger partial charge is 0.0870 e. The fourth-order valence-electron chi connectivity index (χ4n) is 0. The first kappa shape index (κ1) is 9.34. The van der Waals surface area contributed by atoms with E-state index in [-0.39, 0.29) is 7.43 Å². The Balaban J connectivity index is 0. The molecule has 42 valence electrons. The molecule has 0 rings (SSSR count). The van der Waals surface area contributed by atoms with E-state index in [1.807, 2.05) is 0 Å². The highest BCUT2D eigenvalue weighted by atomic mass is 16.4. The molecule has 0 N–H and O–H groups in total. The van der Waals surface area contributed by atoms with Gasteiger partial charge in [-0.2, -0.15) is 0 Å². The van der Waals surface area contributed by atoms with Gasteiger partial charge in [0.2, 0.25) is 0 Å². The van der Waals surface area contributed by atoms with Crippen molar-refractivity contribution in [2.45, 2.75) is 7.43 Å². The van der Waals surface area contributed by atoms with E-state index >= 15 is 0 Å². The normalized spacial score (nSPS) is 6.29. The van der Waals surface area contributed by atoms with Crippen molar-refractivity contribution in [3.63, 3.8) is 0 Å². The summed E-state index contributed by atoms with van der Waals surface area (Å²) in [4.78, 5) is 17.9. The third-order valence-corrected chi connectivity index (χ3v) is 0.167. The zero-order valence-corrected chi connectivity index (χ0v) is 2.63. The summed E-state index contributed by atoms with van der Waals surface area (Å²) in [6.45, 7) is 0. The number of carbonyl (C=O) groups excluding carboxylic acids is 2. The minimum absolute atomic E-state index is 0. The van der Waals surface area contributed by atoms with Crippen molar-refractivity contribution in [3.8, 4) is 0 Å². The van der Waals surface area contributed by atoms with Crippen LogP contribution in [0.2, 0.25) is 0 Å². The Hall–Kier alpha value is -1.06. The quantitative estimate of drug-likeness (QED) is 0.309. The summed E-state index contributed by atoms with van der Waals surface area (Å²) in [5.74, 6) is -4.37. The Kier molecular flexibility index (Phi) is 4.19. The topological polar surface area (TPSA) is 80.3 Å². The zero-order chi connectivity index (χ0) is 5.15. The molecule has 0 heterocycles. The summed E-state index contributed by atoms with van der Waals surface area (Å²) in [6, 6.07) is 0. The monoisotopic (exact) mass is 104 g/mol. The molecule has 0 bridgehead atoms. The van der Waals surface area contributed by atoms with Crippen LogP contribution in [0.5, 0.6) is 0 Å². The number of carboxylic acid groups (broad SMARTS) is 2. The van der Waals surface area contributed by atoms with Crippen LogP contribution in [0.3, 0.4) is 0 Å². The number of carbonyl (C=O) groups is 2. The third kappa shape index (κ3) is 4.94. The van der Waals surface area contributed by atoms with Crippen molar-refractivity contribution < 1.29 is 19.8 Å². The van der Waals surface area contributed by atoms with Gasteiger partial charge in [0.1, 0.15) is 0 Å². The molecule has 0 aliphatic carbocycles. The zero-order valence-electron chi connectivity index (χ0n) is 2.63. The standard InChI is InChI=1S/C2H2O4.CH4/c3-1(4)2(5)6;/h(H,3,4)(H,5,6);1H4/p-2. The fourth-order valence-corrected chi connectivity index (χ4v) is 0. The molecule has 0 amide bonds. The van der Waals surface area contributed by atoms with E-state index in [1.54, 1.807) is 0 Å².